The summed E-state index contributed by atoms with van der Waals surface area (Å²) >= 11 is 0. The molecule has 1 atom stereocenters. The van der Waals surface area contributed by atoms with E-state index >= 15 is 0 Å². The summed E-state index contributed by atoms with van der Waals surface area (Å²) in [6.07, 6.45) is 0.986. The van der Waals surface area contributed by atoms with Gasteiger partial charge in [-0.1, -0.05) is 30.3 Å². The van der Waals surface area contributed by atoms with E-state index in [0.717, 1.165) is 50.0 Å². The van der Waals surface area contributed by atoms with Crippen LogP contribution in [0.4, 0.5) is 11.8 Å². The number of ether oxygens (including phenoxy) is 2. The fourth-order valence-electron chi connectivity index (χ4n) is 4.26. The van der Waals surface area contributed by atoms with Crippen LogP contribution in [0, 0.1) is 0 Å². The van der Waals surface area contributed by atoms with Crippen LogP contribution < -0.4 is 20.5 Å². The van der Waals surface area contributed by atoms with Gasteiger partial charge >= 0.3 is 0 Å². The highest BCUT2D eigenvalue weighted by molar-refractivity contribution is 5.91. The molecule has 0 bridgehead atoms. The standard InChI is InChI=1S/C24H32N6O2/c1-29-12-13-30(20(16-29)17-8-5-4-6-9-17)11-7-10-26-24-27-19-15-22(32-3)21(31-2)14-18(19)23(25)28-24/h4-6,8-9,14-15,20H,7,10-13,16H2,1-3H3,(H3,25,26,27,28). The molecule has 4 rings (SSSR count). The number of benzene rings is 2. The van der Waals surface area contributed by atoms with E-state index in [2.05, 4.69) is 62.5 Å². The van der Waals surface area contributed by atoms with Crippen LogP contribution >= 0.6 is 0 Å². The molecule has 0 aliphatic carbocycles. The summed E-state index contributed by atoms with van der Waals surface area (Å²) in [7, 11) is 5.40. The number of fused-ring (bicyclic) bond motifs is 1. The summed E-state index contributed by atoms with van der Waals surface area (Å²) in [5.41, 5.74) is 8.29. The van der Waals surface area contributed by atoms with Crippen LogP contribution in [-0.4, -0.2) is 73.8 Å². The molecule has 32 heavy (non-hydrogen) atoms. The highest BCUT2D eigenvalue weighted by Gasteiger charge is 2.25. The Morgan fingerprint density at radius 2 is 1.81 bits per heavy atom. The maximum Gasteiger partial charge on any atom is 0.225 e. The first-order chi connectivity index (χ1) is 15.6. The van der Waals surface area contributed by atoms with Crippen molar-refractivity contribution in [3.05, 3.63) is 48.0 Å². The summed E-state index contributed by atoms with van der Waals surface area (Å²) in [5, 5.41) is 4.08. The Labute approximate surface area is 189 Å². The second kappa shape index (κ2) is 10.0. The minimum Gasteiger partial charge on any atom is -0.493 e. The Kier molecular flexibility index (Phi) is 6.92. The molecule has 0 saturated carbocycles. The maximum atomic E-state index is 6.19. The Bertz CT molecular complexity index is 1050. The van der Waals surface area contributed by atoms with Crippen LogP contribution in [0.25, 0.3) is 10.9 Å². The zero-order chi connectivity index (χ0) is 22.5. The molecule has 2 heterocycles. The van der Waals surface area contributed by atoms with Gasteiger partial charge in [0.05, 0.1) is 19.7 Å². The number of aromatic nitrogens is 2. The number of nitrogens with zero attached hydrogens (tertiary/aromatic N) is 4. The number of piperazine rings is 1. The van der Waals surface area contributed by atoms with Gasteiger partial charge < -0.3 is 25.4 Å². The first kappa shape index (κ1) is 22.1. The third-order valence-electron chi connectivity index (χ3n) is 6.01. The van der Waals surface area contributed by atoms with Gasteiger partial charge in [0, 0.05) is 50.2 Å². The number of likely N-dealkylation sites (N-methyl/N-ethyl adjacent to an activating group) is 1. The first-order valence-electron chi connectivity index (χ1n) is 11.0. The summed E-state index contributed by atoms with van der Waals surface area (Å²) < 4.78 is 10.7. The van der Waals surface area contributed by atoms with Crippen LogP contribution in [-0.2, 0) is 0 Å². The molecule has 0 spiro atoms. The van der Waals surface area contributed by atoms with E-state index in [9.17, 15) is 0 Å². The van der Waals surface area contributed by atoms with Crippen LogP contribution in [0.2, 0.25) is 0 Å². The minimum absolute atomic E-state index is 0.418. The monoisotopic (exact) mass is 436 g/mol. The van der Waals surface area contributed by atoms with E-state index in [4.69, 9.17) is 15.2 Å². The fraction of sp³-hybridized carbons (Fsp3) is 0.417. The van der Waals surface area contributed by atoms with Crippen molar-refractivity contribution in [1.29, 1.82) is 0 Å². The van der Waals surface area contributed by atoms with Gasteiger partial charge in [-0.05, 0) is 25.1 Å². The highest BCUT2D eigenvalue weighted by Crippen LogP contribution is 2.33. The molecular weight excluding hydrogens is 404 g/mol. The molecule has 1 fully saturated rings. The number of hydrogen-bond acceptors (Lipinski definition) is 8. The van der Waals surface area contributed by atoms with E-state index < -0.39 is 0 Å². The summed E-state index contributed by atoms with van der Waals surface area (Å²) in [6, 6.07) is 14.8. The lowest BCUT2D eigenvalue weighted by molar-refractivity contribution is 0.0896. The normalized spacial score (nSPS) is 17.4. The molecule has 8 heteroatoms. The number of hydrogen-bond donors (Lipinski definition) is 2. The SMILES string of the molecule is COc1cc2nc(NCCCN3CCN(C)CC3c3ccccc3)nc(N)c2cc1OC. The molecule has 3 aromatic rings. The average molecular weight is 437 g/mol. The molecule has 2 aromatic carbocycles. The second-order valence-corrected chi connectivity index (χ2v) is 8.16. The van der Waals surface area contributed by atoms with Crippen molar-refractivity contribution in [3.8, 4) is 11.5 Å². The zero-order valence-corrected chi connectivity index (χ0v) is 19.0. The molecular formula is C24H32N6O2. The Hall–Kier alpha value is -3.10. The number of anilines is 2. The lowest BCUT2D eigenvalue weighted by Gasteiger charge is -2.40. The fourth-order valence-corrected chi connectivity index (χ4v) is 4.26. The summed E-state index contributed by atoms with van der Waals surface area (Å²) in [5.74, 6) is 2.17. The first-order valence-corrected chi connectivity index (χ1v) is 11.0. The predicted molar refractivity (Wildman–Crippen MR) is 128 cm³/mol. The van der Waals surface area contributed by atoms with Crippen LogP contribution in [0.5, 0.6) is 11.5 Å². The topological polar surface area (TPSA) is 88.8 Å². The largest absolute Gasteiger partial charge is 0.493 e. The molecule has 1 saturated heterocycles. The van der Waals surface area contributed by atoms with Crippen molar-refractivity contribution >= 4 is 22.7 Å². The van der Waals surface area contributed by atoms with Gasteiger partial charge in [0.25, 0.3) is 0 Å². The molecule has 1 aliphatic rings. The second-order valence-electron chi connectivity index (χ2n) is 8.16. The Balaban J connectivity index is 1.39. The molecule has 0 radical (unpaired) electrons. The number of rotatable bonds is 8. The molecule has 170 valence electrons. The van der Waals surface area contributed by atoms with Gasteiger partial charge in [-0.15, -0.1) is 0 Å². The lowest BCUT2D eigenvalue weighted by atomic mass is 10.0. The summed E-state index contributed by atoms with van der Waals surface area (Å²) in [6.45, 7) is 4.98. The predicted octanol–water partition coefficient (Wildman–Crippen LogP) is 3.02. The van der Waals surface area contributed by atoms with Crippen molar-refractivity contribution in [2.75, 3.05) is 65.0 Å². The third kappa shape index (κ3) is 4.87. The summed E-state index contributed by atoms with van der Waals surface area (Å²) in [4.78, 5) is 14.0. The van der Waals surface area contributed by atoms with E-state index in [1.807, 2.05) is 12.1 Å². The van der Waals surface area contributed by atoms with Crippen LogP contribution in [0.1, 0.15) is 18.0 Å². The van der Waals surface area contributed by atoms with E-state index in [0.29, 0.717) is 29.3 Å². The number of nitrogens with one attached hydrogen (secondary N) is 1. The Morgan fingerprint density at radius 1 is 1.06 bits per heavy atom. The van der Waals surface area contributed by atoms with Gasteiger partial charge in [0.2, 0.25) is 5.95 Å². The van der Waals surface area contributed by atoms with E-state index in [1.165, 1.54) is 5.56 Å². The van der Waals surface area contributed by atoms with Gasteiger partial charge in [0.15, 0.2) is 11.5 Å². The highest BCUT2D eigenvalue weighted by atomic mass is 16.5. The molecule has 3 N–H and O–H groups in total. The smallest absolute Gasteiger partial charge is 0.225 e. The van der Waals surface area contributed by atoms with Crippen molar-refractivity contribution in [3.63, 3.8) is 0 Å². The van der Waals surface area contributed by atoms with Crippen LogP contribution in [0.3, 0.4) is 0 Å². The van der Waals surface area contributed by atoms with Gasteiger partial charge in [-0.25, -0.2) is 4.98 Å². The molecule has 1 aliphatic heterocycles. The van der Waals surface area contributed by atoms with E-state index in [1.54, 1.807) is 14.2 Å². The van der Waals surface area contributed by atoms with Crippen molar-refractivity contribution in [2.45, 2.75) is 12.5 Å². The number of methoxy groups -OCH3 is 2. The molecule has 8 nitrogen and oxygen atoms in total. The van der Waals surface area contributed by atoms with Crippen molar-refractivity contribution < 1.29 is 9.47 Å². The zero-order valence-electron chi connectivity index (χ0n) is 19.0. The van der Waals surface area contributed by atoms with Gasteiger partial charge in [-0.2, -0.15) is 4.98 Å². The quantitative estimate of drug-likeness (QED) is 0.521. The van der Waals surface area contributed by atoms with Crippen molar-refractivity contribution in [2.24, 2.45) is 0 Å². The molecule has 1 unspecified atom stereocenters. The minimum atomic E-state index is 0.418. The van der Waals surface area contributed by atoms with E-state index in [-0.39, 0.29) is 0 Å². The van der Waals surface area contributed by atoms with Gasteiger partial charge in [0.1, 0.15) is 5.82 Å². The van der Waals surface area contributed by atoms with Crippen molar-refractivity contribution in [1.82, 2.24) is 19.8 Å². The average Bonchev–Trinajstić information content (AvgIpc) is 2.82. The molecule has 1 aromatic heterocycles. The van der Waals surface area contributed by atoms with Gasteiger partial charge in [-0.3, -0.25) is 4.90 Å². The number of nitrogens with two attached hydrogens (primary N) is 1. The molecule has 0 amide bonds. The third-order valence-corrected chi connectivity index (χ3v) is 6.01. The maximum absolute atomic E-state index is 6.19. The number of nitrogen functional groups attached to an aromatic ring is 1. The lowest BCUT2D eigenvalue weighted by Crippen LogP contribution is -2.47. The Morgan fingerprint density at radius 3 is 2.56 bits per heavy atom. The van der Waals surface area contributed by atoms with Crippen LogP contribution in [0.15, 0.2) is 42.5 Å².